The van der Waals surface area contributed by atoms with Crippen molar-refractivity contribution in [1.82, 2.24) is 0 Å². The standard InChI is InChI=1S/C12H9F2NO2S/c1-17-8-4-5-18-12(8)11(16)9-6(13)2-3-7(15)10(9)14/h2-5H,15H2,1H3. The third-order valence-electron chi connectivity index (χ3n) is 2.40. The normalized spacial score (nSPS) is 10.4. The molecule has 1 aromatic carbocycles. The van der Waals surface area contributed by atoms with Crippen LogP contribution >= 0.6 is 11.3 Å². The third kappa shape index (κ3) is 1.95. The van der Waals surface area contributed by atoms with Gasteiger partial charge in [-0.3, -0.25) is 4.79 Å². The highest BCUT2D eigenvalue weighted by Crippen LogP contribution is 2.30. The zero-order chi connectivity index (χ0) is 13.3. The molecule has 1 aromatic heterocycles. The minimum Gasteiger partial charge on any atom is -0.495 e. The van der Waals surface area contributed by atoms with Gasteiger partial charge in [-0.2, -0.15) is 0 Å². The first-order chi connectivity index (χ1) is 8.56. The fourth-order valence-electron chi connectivity index (χ4n) is 1.51. The van der Waals surface area contributed by atoms with Gasteiger partial charge in [0, 0.05) is 0 Å². The number of rotatable bonds is 3. The van der Waals surface area contributed by atoms with E-state index in [0.29, 0.717) is 0 Å². The number of hydrogen-bond acceptors (Lipinski definition) is 4. The Morgan fingerprint density at radius 3 is 2.72 bits per heavy atom. The Labute approximate surface area is 106 Å². The molecule has 0 fully saturated rings. The number of methoxy groups -OCH3 is 1. The number of halogens is 2. The van der Waals surface area contributed by atoms with Crippen LogP contribution < -0.4 is 10.5 Å². The minimum absolute atomic E-state index is 0.140. The molecule has 2 N–H and O–H groups in total. The summed E-state index contributed by atoms with van der Waals surface area (Å²) in [6, 6.07) is 3.60. The van der Waals surface area contributed by atoms with E-state index in [1.807, 2.05) is 0 Å². The van der Waals surface area contributed by atoms with Crippen molar-refractivity contribution in [2.45, 2.75) is 0 Å². The predicted molar refractivity (Wildman–Crippen MR) is 65.1 cm³/mol. The number of nitrogen functional groups attached to an aromatic ring is 1. The van der Waals surface area contributed by atoms with Crippen LogP contribution in [0.1, 0.15) is 15.2 Å². The highest BCUT2D eigenvalue weighted by Gasteiger charge is 2.24. The zero-order valence-electron chi connectivity index (χ0n) is 9.37. The number of anilines is 1. The molecule has 0 aliphatic heterocycles. The number of benzene rings is 1. The topological polar surface area (TPSA) is 52.3 Å². The van der Waals surface area contributed by atoms with Crippen LogP contribution in [0.2, 0.25) is 0 Å². The Balaban J connectivity index is 2.56. The van der Waals surface area contributed by atoms with Crippen molar-refractivity contribution in [1.29, 1.82) is 0 Å². The number of ketones is 1. The summed E-state index contributed by atoms with van der Waals surface area (Å²) in [5, 5.41) is 1.61. The van der Waals surface area contributed by atoms with Gasteiger partial charge in [0.25, 0.3) is 0 Å². The van der Waals surface area contributed by atoms with Gasteiger partial charge in [0.05, 0.1) is 18.4 Å². The van der Waals surface area contributed by atoms with Crippen LogP contribution in [0.3, 0.4) is 0 Å². The molecule has 0 atom stereocenters. The van der Waals surface area contributed by atoms with Crippen molar-refractivity contribution in [2.24, 2.45) is 0 Å². The first-order valence-electron chi connectivity index (χ1n) is 4.96. The molecule has 0 saturated heterocycles. The van der Waals surface area contributed by atoms with Gasteiger partial charge in [0.15, 0.2) is 5.82 Å². The van der Waals surface area contributed by atoms with Gasteiger partial charge in [0.1, 0.15) is 16.4 Å². The van der Waals surface area contributed by atoms with Gasteiger partial charge < -0.3 is 10.5 Å². The van der Waals surface area contributed by atoms with Crippen LogP contribution in [0.4, 0.5) is 14.5 Å². The number of carbonyl (C=O) groups is 1. The van der Waals surface area contributed by atoms with Crippen LogP contribution in [0.25, 0.3) is 0 Å². The Kier molecular flexibility index (Phi) is 3.29. The molecule has 0 radical (unpaired) electrons. The monoisotopic (exact) mass is 269 g/mol. The Bertz CT molecular complexity index is 610. The summed E-state index contributed by atoms with van der Waals surface area (Å²) in [7, 11) is 1.38. The lowest BCUT2D eigenvalue weighted by molar-refractivity contribution is 0.103. The van der Waals surface area contributed by atoms with Crippen molar-refractivity contribution in [3.8, 4) is 5.75 Å². The lowest BCUT2D eigenvalue weighted by Gasteiger charge is -2.06. The smallest absolute Gasteiger partial charge is 0.212 e. The summed E-state index contributed by atoms with van der Waals surface area (Å²) >= 11 is 1.05. The van der Waals surface area contributed by atoms with Crippen LogP contribution in [-0.2, 0) is 0 Å². The van der Waals surface area contributed by atoms with Crippen molar-refractivity contribution in [3.63, 3.8) is 0 Å². The SMILES string of the molecule is COc1ccsc1C(=O)c1c(F)ccc(N)c1F. The summed E-state index contributed by atoms with van der Waals surface area (Å²) in [4.78, 5) is 12.2. The van der Waals surface area contributed by atoms with E-state index in [4.69, 9.17) is 10.5 Å². The molecule has 0 saturated carbocycles. The summed E-state index contributed by atoms with van der Waals surface area (Å²) in [5.74, 6) is -2.48. The van der Waals surface area contributed by atoms with E-state index in [1.54, 1.807) is 11.4 Å². The number of ether oxygens (including phenoxy) is 1. The molecule has 2 aromatic rings. The van der Waals surface area contributed by atoms with E-state index >= 15 is 0 Å². The molecule has 1 heterocycles. The molecular formula is C12H9F2NO2S. The Morgan fingerprint density at radius 2 is 2.06 bits per heavy atom. The highest BCUT2D eigenvalue weighted by atomic mass is 32.1. The summed E-state index contributed by atoms with van der Waals surface area (Å²) < 4.78 is 32.2. The van der Waals surface area contributed by atoms with Crippen molar-refractivity contribution < 1.29 is 18.3 Å². The van der Waals surface area contributed by atoms with Crippen LogP contribution in [-0.4, -0.2) is 12.9 Å². The van der Waals surface area contributed by atoms with Crippen LogP contribution in [0.5, 0.6) is 5.75 Å². The Hall–Kier alpha value is -1.95. The predicted octanol–water partition coefficient (Wildman–Crippen LogP) is 2.85. The second-order valence-electron chi connectivity index (χ2n) is 3.47. The van der Waals surface area contributed by atoms with Gasteiger partial charge >= 0.3 is 0 Å². The molecule has 6 heteroatoms. The van der Waals surface area contributed by atoms with E-state index in [9.17, 15) is 13.6 Å². The number of carbonyl (C=O) groups excluding carboxylic acids is 1. The third-order valence-corrected chi connectivity index (χ3v) is 3.30. The largest absolute Gasteiger partial charge is 0.495 e. The minimum atomic E-state index is -1.05. The van der Waals surface area contributed by atoms with Gasteiger partial charge in [0.2, 0.25) is 5.78 Å². The number of hydrogen-bond donors (Lipinski definition) is 1. The van der Waals surface area contributed by atoms with E-state index in [-0.39, 0.29) is 16.3 Å². The Morgan fingerprint density at radius 1 is 1.33 bits per heavy atom. The van der Waals surface area contributed by atoms with Gasteiger partial charge in [-0.15, -0.1) is 11.3 Å². The van der Waals surface area contributed by atoms with Gasteiger partial charge in [-0.25, -0.2) is 8.78 Å². The van der Waals surface area contributed by atoms with Crippen molar-refractivity contribution in [3.05, 3.63) is 45.7 Å². The number of nitrogens with two attached hydrogens (primary N) is 1. The quantitative estimate of drug-likeness (QED) is 0.688. The highest BCUT2D eigenvalue weighted by molar-refractivity contribution is 7.12. The second-order valence-corrected chi connectivity index (χ2v) is 4.39. The maximum atomic E-state index is 13.7. The summed E-state index contributed by atoms with van der Waals surface area (Å²) in [5.41, 5.74) is 4.40. The molecule has 0 amide bonds. The molecule has 0 unspecified atom stereocenters. The first kappa shape index (κ1) is 12.5. The van der Waals surface area contributed by atoms with Crippen molar-refractivity contribution in [2.75, 3.05) is 12.8 Å². The lowest BCUT2D eigenvalue weighted by Crippen LogP contribution is -2.09. The molecule has 3 nitrogen and oxygen atoms in total. The average molecular weight is 269 g/mol. The zero-order valence-corrected chi connectivity index (χ0v) is 10.2. The summed E-state index contributed by atoms with van der Waals surface area (Å²) in [6.45, 7) is 0. The van der Waals surface area contributed by atoms with E-state index in [1.165, 1.54) is 7.11 Å². The fourth-order valence-corrected chi connectivity index (χ4v) is 2.32. The maximum absolute atomic E-state index is 13.7. The molecule has 0 bridgehead atoms. The number of thiophene rings is 1. The molecule has 2 rings (SSSR count). The lowest BCUT2D eigenvalue weighted by atomic mass is 10.1. The molecule has 0 aliphatic rings. The average Bonchev–Trinajstić information content (AvgIpc) is 2.82. The van der Waals surface area contributed by atoms with Crippen molar-refractivity contribution >= 4 is 22.8 Å². The van der Waals surface area contributed by atoms with E-state index in [2.05, 4.69) is 0 Å². The van der Waals surface area contributed by atoms with Gasteiger partial charge in [-0.1, -0.05) is 0 Å². The van der Waals surface area contributed by atoms with Gasteiger partial charge in [-0.05, 0) is 23.6 Å². The van der Waals surface area contributed by atoms with E-state index < -0.39 is 23.0 Å². The molecule has 18 heavy (non-hydrogen) atoms. The molecule has 0 aliphatic carbocycles. The van der Waals surface area contributed by atoms with Crippen LogP contribution in [0.15, 0.2) is 23.6 Å². The van der Waals surface area contributed by atoms with Crippen LogP contribution in [0, 0.1) is 11.6 Å². The molecule has 94 valence electrons. The maximum Gasteiger partial charge on any atom is 0.212 e. The van der Waals surface area contributed by atoms with E-state index in [0.717, 1.165) is 23.5 Å². The summed E-state index contributed by atoms with van der Waals surface area (Å²) in [6.07, 6.45) is 0. The fraction of sp³-hybridized carbons (Fsp3) is 0.0833. The first-order valence-corrected chi connectivity index (χ1v) is 5.84. The second kappa shape index (κ2) is 4.73. The molecule has 0 spiro atoms. The molecular weight excluding hydrogens is 260 g/mol.